The highest BCUT2D eigenvalue weighted by Gasteiger charge is 2.11. The summed E-state index contributed by atoms with van der Waals surface area (Å²) in [5.41, 5.74) is 4.69. The van der Waals surface area contributed by atoms with Gasteiger partial charge in [0.05, 0.1) is 5.71 Å². The summed E-state index contributed by atoms with van der Waals surface area (Å²) in [4.78, 5) is 3.99. The first-order chi connectivity index (χ1) is 7.29. The summed E-state index contributed by atoms with van der Waals surface area (Å²) in [5.74, 6) is 0.525. The van der Waals surface area contributed by atoms with Gasteiger partial charge in [0.1, 0.15) is 5.82 Å². The van der Waals surface area contributed by atoms with Gasteiger partial charge in [-0.25, -0.2) is 4.39 Å². The van der Waals surface area contributed by atoms with E-state index in [0.717, 1.165) is 22.2 Å². The van der Waals surface area contributed by atoms with Crippen LogP contribution in [0.4, 0.5) is 4.39 Å². The topological polar surface area (TPSA) is 36.8 Å². The van der Waals surface area contributed by atoms with Crippen molar-refractivity contribution >= 4 is 22.6 Å². The molecule has 0 bridgehead atoms. The predicted molar refractivity (Wildman–Crippen MR) is 61.9 cm³/mol. The molecule has 1 aromatic rings. The molecule has 2 rings (SSSR count). The van der Waals surface area contributed by atoms with Gasteiger partial charge in [-0.1, -0.05) is 23.9 Å². The third-order valence-corrected chi connectivity index (χ3v) is 2.98. The lowest BCUT2D eigenvalue weighted by Crippen LogP contribution is -2.25. The van der Waals surface area contributed by atoms with Crippen LogP contribution in [0.5, 0.6) is 0 Å². The predicted octanol–water partition coefficient (Wildman–Crippen LogP) is 1.85. The van der Waals surface area contributed by atoms with Crippen molar-refractivity contribution in [3.63, 3.8) is 0 Å². The molecule has 0 unspecified atom stereocenters. The third kappa shape index (κ3) is 2.36. The van der Waals surface area contributed by atoms with Gasteiger partial charge in [-0.2, -0.15) is 5.10 Å². The molecule has 1 heterocycles. The monoisotopic (exact) mass is 223 g/mol. The second kappa shape index (κ2) is 4.44. The normalized spacial score (nSPS) is 18.5. The number of halogens is 1. The highest BCUT2D eigenvalue weighted by molar-refractivity contribution is 8.14. The van der Waals surface area contributed by atoms with Gasteiger partial charge in [-0.05, 0) is 17.7 Å². The Bertz CT molecular complexity index is 411. The van der Waals surface area contributed by atoms with Gasteiger partial charge in [0.25, 0.3) is 0 Å². The number of amidine groups is 1. The van der Waals surface area contributed by atoms with E-state index >= 15 is 0 Å². The van der Waals surface area contributed by atoms with E-state index < -0.39 is 0 Å². The van der Waals surface area contributed by atoms with E-state index in [2.05, 4.69) is 15.5 Å². The average Bonchev–Trinajstić information content (AvgIpc) is 2.30. The molecule has 0 spiro atoms. The van der Waals surface area contributed by atoms with E-state index in [0.29, 0.717) is 0 Å². The molecular weight excluding hydrogens is 213 g/mol. The smallest absolute Gasteiger partial charge is 0.177 e. The Kier molecular flexibility index (Phi) is 3.01. The van der Waals surface area contributed by atoms with Crippen molar-refractivity contribution in [3.8, 4) is 0 Å². The van der Waals surface area contributed by atoms with Gasteiger partial charge in [0.2, 0.25) is 0 Å². The van der Waals surface area contributed by atoms with Crippen molar-refractivity contribution in [1.82, 2.24) is 5.43 Å². The fraction of sp³-hybridized carbons (Fsp3) is 0.200. The molecule has 0 radical (unpaired) electrons. The molecule has 0 saturated heterocycles. The average molecular weight is 223 g/mol. The number of hydrogen-bond acceptors (Lipinski definition) is 3. The van der Waals surface area contributed by atoms with E-state index in [-0.39, 0.29) is 5.82 Å². The Balaban J connectivity index is 2.19. The van der Waals surface area contributed by atoms with Crippen molar-refractivity contribution in [3.05, 3.63) is 35.6 Å². The Morgan fingerprint density at radius 1 is 1.40 bits per heavy atom. The molecule has 78 valence electrons. The Morgan fingerprint density at radius 3 is 2.67 bits per heavy atom. The van der Waals surface area contributed by atoms with E-state index in [1.54, 1.807) is 30.9 Å². The third-order valence-electron chi connectivity index (χ3n) is 2.01. The van der Waals surface area contributed by atoms with Crippen molar-refractivity contribution < 1.29 is 4.39 Å². The fourth-order valence-corrected chi connectivity index (χ4v) is 1.97. The lowest BCUT2D eigenvalue weighted by molar-refractivity contribution is 0.628. The summed E-state index contributed by atoms with van der Waals surface area (Å²) in [6.07, 6.45) is 0. The second-order valence-corrected chi connectivity index (χ2v) is 3.96. The first-order valence-corrected chi connectivity index (χ1v) is 5.46. The highest BCUT2D eigenvalue weighted by atomic mass is 32.2. The minimum Gasteiger partial charge on any atom is -0.265 e. The largest absolute Gasteiger partial charge is 0.265 e. The molecule has 0 atom stereocenters. The van der Waals surface area contributed by atoms with Crippen LogP contribution in [0.15, 0.2) is 34.4 Å². The molecule has 0 fully saturated rings. The number of hydrazone groups is 1. The van der Waals surface area contributed by atoms with Crippen LogP contribution in [0.25, 0.3) is 0 Å². The zero-order valence-electron chi connectivity index (χ0n) is 8.20. The van der Waals surface area contributed by atoms with Crippen molar-refractivity contribution in [2.45, 2.75) is 0 Å². The van der Waals surface area contributed by atoms with Crippen LogP contribution in [-0.2, 0) is 0 Å². The summed E-state index contributed by atoms with van der Waals surface area (Å²) in [6.45, 7) is 0. The SMILES string of the molecule is CN=C1NN=C(c2ccc(F)cc2)CS1. The summed E-state index contributed by atoms with van der Waals surface area (Å²) in [7, 11) is 1.72. The van der Waals surface area contributed by atoms with Crippen LogP contribution in [0.3, 0.4) is 0 Å². The fourth-order valence-electron chi connectivity index (χ4n) is 1.22. The molecule has 0 saturated carbocycles. The van der Waals surface area contributed by atoms with Crippen LogP contribution >= 0.6 is 11.8 Å². The van der Waals surface area contributed by atoms with E-state index in [1.165, 1.54) is 12.1 Å². The van der Waals surface area contributed by atoms with Crippen LogP contribution in [0, 0.1) is 5.82 Å². The maximum absolute atomic E-state index is 12.7. The van der Waals surface area contributed by atoms with Crippen LogP contribution < -0.4 is 5.43 Å². The number of rotatable bonds is 1. The Morgan fingerprint density at radius 2 is 2.13 bits per heavy atom. The van der Waals surface area contributed by atoms with E-state index in [9.17, 15) is 4.39 Å². The van der Waals surface area contributed by atoms with E-state index in [4.69, 9.17) is 0 Å². The summed E-state index contributed by atoms with van der Waals surface area (Å²) < 4.78 is 12.7. The molecule has 0 amide bonds. The first kappa shape index (κ1) is 10.2. The van der Waals surface area contributed by atoms with Gasteiger partial charge in [0.15, 0.2) is 5.17 Å². The molecule has 15 heavy (non-hydrogen) atoms. The second-order valence-electron chi connectivity index (χ2n) is 2.99. The molecular formula is C10H10FN3S. The zero-order valence-corrected chi connectivity index (χ0v) is 9.01. The van der Waals surface area contributed by atoms with Crippen LogP contribution in [0.1, 0.15) is 5.56 Å². The standard InChI is InChI=1S/C10H10FN3S/c1-12-10-14-13-9(6-15-10)7-2-4-8(11)5-3-7/h2-5H,6H2,1H3,(H,12,14). The maximum atomic E-state index is 12.7. The molecule has 0 aliphatic carbocycles. The maximum Gasteiger partial charge on any atom is 0.177 e. The van der Waals surface area contributed by atoms with E-state index in [1.807, 2.05) is 0 Å². The van der Waals surface area contributed by atoms with Gasteiger partial charge < -0.3 is 0 Å². The van der Waals surface area contributed by atoms with Gasteiger partial charge in [-0.3, -0.25) is 10.4 Å². The van der Waals surface area contributed by atoms with Crippen molar-refractivity contribution in [2.24, 2.45) is 10.1 Å². The molecule has 1 aliphatic heterocycles. The zero-order chi connectivity index (χ0) is 10.7. The summed E-state index contributed by atoms with van der Waals surface area (Å²) in [5, 5.41) is 4.98. The van der Waals surface area contributed by atoms with Crippen LogP contribution in [0.2, 0.25) is 0 Å². The quantitative estimate of drug-likeness (QED) is 0.789. The number of aliphatic imine (C=N–C) groups is 1. The van der Waals surface area contributed by atoms with Gasteiger partial charge in [0, 0.05) is 12.8 Å². The lowest BCUT2D eigenvalue weighted by atomic mass is 10.1. The number of nitrogens with one attached hydrogen (secondary N) is 1. The minimum absolute atomic E-state index is 0.230. The summed E-state index contributed by atoms with van der Waals surface area (Å²) >= 11 is 1.58. The molecule has 1 N–H and O–H groups in total. The number of thioether (sulfide) groups is 1. The lowest BCUT2D eigenvalue weighted by Gasteiger charge is -2.13. The molecule has 0 aromatic heterocycles. The number of benzene rings is 1. The number of hydrogen-bond donors (Lipinski definition) is 1. The number of nitrogens with zero attached hydrogens (tertiary/aromatic N) is 2. The molecule has 1 aliphatic rings. The van der Waals surface area contributed by atoms with Crippen molar-refractivity contribution in [1.29, 1.82) is 0 Å². The van der Waals surface area contributed by atoms with Gasteiger partial charge in [-0.15, -0.1) is 0 Å². The first-order valence-electron chi connectivity index (χ1n) is 4.47. The van der Waals surface area contributed by atoms with Gasteiger partial charge >= 0.3 is 0 Å². The summed E-state index contributed by atoms with van der Waals surface area (Å²) in [6, 6.07) is 6.33. The molecule has 1 aromatic carbocycles. The molecule has 3 nitrogen and oxygen atoms in total. The van der Waals surface area contributed by atoms with Crippen LogP contribution in [-0.4, -0.2) is 23.7 Å². The Labute approximate surface area is 91.5 Å². The van der Waals surface area contributed by atoms with Crippen molar-refractivity contribution in [2.75, 3.05) is 12.8 Å². The molecule has 5 heteroatoms. The highest BCUT2D eigenvalue weighted by Crippen LogP contribution is 2.13. The Hall–Kier alpha value is -1.36. The minimum atomic E-state index is -0.230.